The van der Waals surface area contributed by atoms with Crippen LogP contribution in [-0.4, -0.2) is 34.0 Å². The van der Waals surface area contributed by atoms with Crippen LogP contribution in [0.25, 0.3) is 22.0 Å². The minimum atomic E-state index is 0.0462. The van der Waals surface area contributed by atoms with E-state index in [1.165, 1.54) is 5.56 Å². The van der Waals surface area contributed by atoms with Crippen LogP contribution < -0.4 is 14.8 Å². The number of rotatable bonds is 7. The maximum Gasteiger partial charge on any atom is 0.162 e. The summed E-state index contributed by atoms with van der Waals surface area (Å²) >= 11 is 0. The first kappa shape index (κ1) is 20.3. The van der Waals surface area contributed by atoms with Crippen LogP contribution >= 0.6 is 0 Å². The topological polar surface area (TPSA) is 74.1 Å². The molecule has 7 nitrogen and oxygen atoms in total. The van der Waals surface area contributed by atoms with Crippen molar-refractivity contribution in [1.82, 2.24) is 19.7 Å². The van der Waals surface area contributed by atoms with Gasteiger partial charge >= 0.3 is 0 Å². The molecule has 2 heterocycles. The highest BCUT2D eigenvalue weighted by Gasteiger charge is 2.28. The minimum absolute atomic E-state index is 0.0462. The number of benzene rings is 2. The summed E-state index contributed by atoms with van der Waals surface area (Å²) in [5.41, 5.74) is 4.27. The van der Waals surface area contributed by atoms with Crippen molar-refractivity contribution < 1.29 is 9.47 Å². The Morgan fingerprint density at radius 2 is 1.81 bits per heavy atom. The van der Waals surface area contributed by atoms with Crippen molar-refractivity contribution in [2.24, 2.45) is 7.05 Å². The Morgan fingerprint density at radius 1 is 1.03 bits per heavy atom. The Kier molecular flexibility index (Phi) is 5.17. The zero-order valence-electron chi connectivity index (χ0n) is 18.8. The smallest absolute Gasteiger partial charge is 0.162 e. The quantitative estimate of drug-likeness (QED) is 0.441. The lowest BCUT2D eigenvalue weighted by Gasteiger charge is -2.19. The van der Waals surface area contributed by atoms with Crippen LogP contribution in [0.15, 0.2) is 48.8 Å². The van der Waals surface area contributed by atoms with Crippen molar-refractivity contribution in [1.29, 1.82) is 0 Å². The molecule has 2 aromatic carbocycles. The highest BCUT2D eigenvalue weighted by Crippen LogP contribution is 2.41. The Hall–Kier alpha value is -3.61. The predicted octanol–water partition coefficient (Wildman–Crippen LogP) is 5.10. The van der Waals surface area contributed by atoms with Gasteiger partial charge in [-0.2, -0.15) is 5.10 Å². The molecule has 0 aliphatic heterocycles. The first-order chi connectivity index (χ1) is 15.6. The number of fused-ring (bicyclic) bond motifs is 1. The molecule has 1 aliphatic rings. The average molecular weight is 430 g/mol. The number of nitrogens with one attached hydrogen (secondary N) is 1. The summed E-state index contributed by atoms with van der Waals surface area (Å²) in [5, 5.41) is 8.84. The molecule has 0 spiro atoms. The van der Waals surface area contributed by atoms with E-state index in [1.54, 1.807) is 14.2 Å². The van der Waals surface area contributed by atoms with E-state index in [0.717, 1.165) is 46.5 Å². The molecule has 7 heteroatoms. The number of nitrogens with zero attached hydrogens (tertiary/aromatic N) is 4. The van der Waals surface area contributed by atoms with Crippen molar-refractivity contribution in [3.8, 4) is 22.6 Å². The number of hydrogen-bond donors (Lipinski definition) is 1. The molecule has 0 radical (unpaired) electrons. The van der Waals surface area contributed by atoms with Gasteiger partial charge < -0.3 is 14.8 Å². The van der Waals surface area contributed by atoms with E-state index in [0.29, 0.717) is 17.4 Å². The molecule has 0 amide bonds. The van der Waals surface area contributed by atoms with E-state index in [2.05, 4.69) is 41.6 Å². The summed E-state index contributed by atoms with van der Waals surface area (Å²) in [7, 11) is 5.21. The fourth-order valence-corrected chi connectivity index (χ4v) is 3.95. The number of aromatic nitrogens is 4. The first-order valence-corrected chi connectivity index (χ1v) is 10.8. The average Bonchev–Trinajstić information content (AvgIpc) is 3.58. The lowest BCUT2D eigenvalue weighted by atomic mass is 10.0. The monoisotopic (exact) mass is 429 g/mol. The van der Waals surface area contributed by atoms with Gasteiger partial charge in [0.05, 0.1) is 25.9 Å². The van der Waals surface area contributed by atoms with E-state index >= 15 is 0 Å². The van der Waals surface area contributed by atoms with Crippen LogP contribution in [0.2, 0.25) is 0 Å². The fraction of sp³-hybridized carbons (Fsp3) is 0.320. The second kappa shape index (κ2) is 8.15. The zero-order chi connectivity index (χ0) is 22.2. The van der Waals surface area contributed by atoms with Gasteiger partial charge in [0.1, 0.15) is 11.6 Å². The van der Waals surface area contributed by atoms with E-state index in [9.17, 15) is 0 Å². The van der Waals surface area contributed by atoms with Crippen LogP contribution in [0, 0.1) is 0 Å². The maximum atomic E-state index is 5.53. The Bertz CT molecular complexity index is 1280. The second-order valence-electron chi connectivity index (χ2n) is 8.32. The molecule has 1 aliphatic carbocycles. The molecule has 32 heavy (non-hydrogen) atoms. The third-order valence-electron chi connectivity index (χ3n) is 5.94. The molecule has 164 valence electrons. The summed E-state index contributed by atoms with van der Waals surface area (Å²) < 4.78 is 12.8. The minimum Gasteiger partial charge on any atom is -0.493 e. The van der Waals surface area contributed by atoms with Gasteiger partial charge in [0, 0.05) is 42.2 Å². The lowest BCUT2D eigenvalue weighted by molar-refractivity contribution is 0.356. The molecule has 1 fully saturated rings. The third kappa shape index (κ3) is 3.86. The van der Waals surface area contributed by atoms with E-state index in [4.69, 9.17) is 19.4 Å². The number of anilines is 1. The molecule has 1 N–H and O–H groups in total. The highest BCUT2D eigenvalue weighted by molar-refractivity contribution is 5.92. The van der Waals surface area contributed by atoms with E-state index in [1.807, 2.05) is 36.3 Å². The normalized spacial score (nSPS) is 14.4. The molecule has 1 atom stereocenters. The number of methoxy groups -OCH3 is 2. The van der Waals surface area contributed by atoms with Crippen LogP contribution in [-0.2, 0) is 7.05 Å². The standard InChI is InChI=1S/C25H27N5O2/c1-15(17-6-5-7-18(10-17)19-13-26-30(2)14-19)27-25-20-11-22(31-3)23(32-4)12-21(20)28-24(29-25)16-8-9-16/h5-7,10-16H,8-9H2,1-4H3,(H,27,28,29)/t15-/m1/s1. The van der Waals surface area contributed by atoms with Gasteiger partial charge in [-0.05, 0) is 43.0 Å². The van der Waals surface area contributed by atoms with Crippen LogP contribution in [0.3, 0.4) is 0 Å². The summed E-state index contributed by atoms with van der Waals surface area (Å²) in [4.78, 5) is 9.73. The molecular weight excluding hydrogens is 402 g/mol. The Morgan fingerprint density at radius 3 is 2.50 bits per heavy atom. The van der Waals surface area contributed by atoms with Gasteiger partial charge in [0.15, 0.2) is 11.5 Å². The van der Waals surface area contributed by atoms with Gasteiger partial charge in [-0.3, -0.25) is 4.68 Å². The van der Waals surface area contributed by atoms with Crippen molar-refractivity contribution in [3.05, 3.63) is 60.2 Å². The lowest BCUT2D eigenvalue weighted by Crippen LogP contribution is -2.10. The fourth-order valence-electron chi connectivity index (χ4n) is 3.95. The van der Waals surface area contributed by atoms with E-state index in [-0.39, 0.29) is 6.04 Å². The van der Waals surface area contributed by atoms with Gasteiger partial charge in [-0.15, -0.1) is 0 Å². The molecule has 2 aromatic heterocycles. The number of ether oxygens (including phenoxy) is 2. The van der Waals surface area contributed by atoms with Gasteiger partial charge in [0.25, 0.3) is 0 Å². The van der Waals surface area contributed by atoms with Crippen molar-refractivity contribution >= 4 is 16.7 Å². The summed E-state index contributed by atoms with van der Waals surface area (Å²) in [5.74, 6) is 3.48. The van der Waals surface area contributed by atoms with Crippen LogP contribution in [0.1, 0.15) is 43.1 Å². The largest absolute Gasteiger partial charge is 0.493 e. The van der Waals surface area contributed by atoms with Crippen LogP contribution in [0.5, 0.6) is 11.5 Å². The summed E-state index contributed by atoms with van der Waals surface area (Å²) in [6.07, 6.45) is 6.19. The van der Waals surface area contributed by atoms with Gasteiger partial charge in [0.2, 0.25) is 0 Å². The Labute approximate surface area is 187 Å². The molecule has 0 unspecified atom stereocenters. The first-order valence-electron chi connectivity index (χ1n) is 10.8. The maximum absolute atomic E-state index is 5.53. The van der Waals surface area contributed by atoms with Gasteiger partial charge in [-0.1, -0.05) is 18.2 Å². The highest BCUT2D eigenvalue weighted by atomic mass is 16.5. The molecule has 4 aromatic rings. The molecule has 0 saturated heterocycles. The number of aryl methyl sites for hydroxylation is 1. The molecule has 1 saturated carbocycles. The van der Waals surface area contributed by atoms with E-state index < -0.39 is 0 Å². The van der Waals surface area contributed by atoms with Gasteiger partial charge in [-0.25, -0.2) is 9.97 Å². The van der Waals surface area contributed by atoms with Crippen molar-refractivity contribution in [2.75, 3.05) is 19.5 Å². The number of hydrogen-bond acceptors (Lipinski definition) is 6. The Balaban J connectivity index is 1.53. The predicted molar refractivity (Wildman–Crippen MR) is 125 cm³/mol. The van der Waals surface area contributed by atoms with Crippen LogP contribution in [0.4, 0.5) is 5.82 Å². The molecule has 0 bridgehead atoms. The SMILES string of the molecule is COc1cc2nc(C3CC3)nc(N[C@H](C)c3cccc(-c4cnn(C)c4)c3)c2cc1OC. The third-order valence-corrected chi connectivity index (χ3v) is 5.94. The molecular formula is C25H27N5O2. The summed E-state index contributed by atoms with van der Waals surface area (Å²) in [6, 6.07) is 12.4. The molecule has 5 rings (SSSR count). The summed E-state index contributed by atoms with van der Waals surface area (Å²) in [6.45, 7) is 2.15. The van der Waals surface area contributed by atoms with Crippen molar-refractivity contribution in [3.63, 3.8) is 0 Å². The zero-order valence-corrected chi connectivity index (χ0v) is 18.8. The van der Waals surface area contributed by atoms with Crippen molar-refractivity contribution in [2.45, 2.75) is 31.7 Å². The second-order valence-corrected chi connectivity index (χ2v) is 8.32.